The van der Waals surface area contributed by atoms with Crippen molar-refractivity contribution in [2.24, 2.45) is 7.05 Å². The molecule has 0 spiro atoms. The van der Waals surface area contributed by atoms with Gasteiger partial charge in [0.2, 0.25) is 0 Å². The Bertz CT molecular complexity index is 680. The van der Waals surface area contributed by atoms with Crippen LogP contribution >= 0.6 is 0 Å². The van der Waals surface area contributed by atoms with Crippen molar-refractivity contribution < 1.29 is 19.6 Å². The molecule has 2 aromatic rings. The predicted octanol–water partition coefficient (Wildman–Crippen LogP) is 1.65. The Balaban J connectivity index is 2.07. The number of ether oxygens (including phenoxy) is 1. The summed E-state index contributed by atoms with van der Waals surface area (Å²) in [6.07, 6.45) is 4.02. The molecule has 0 aliphatic carbocycles. The van der Waals surface area contributed by atoms with Gasteiger partial charge in [-0.15, -0.1) is 0 Å². The molecule has 1 heterocycles. The molecule has 0 saturated carbocycles. The summed E-state index contributed by atoms with van der Waals surface area (Å²) in [5.41, 5.74) is -0.853. The minimum Gasteiger partial charge on any atom is -0.493 e. The van der Waals surface area contributed by atoms with Crippen LogP contribution in [-0.2, 0) is 13.5 Å². The van der Waals surface area contributed by atoms with E-state index in [2.05, 4.69) is 4.98 Å². The first-order chi connectivity index (χ1) is 9.99. The van der Waals surface area contributed by atoms with Crippen molar-refractivity contribution in [2.45, 2.75) is 6.42 Å². The summed E-state index contributed by atoms with van der Waals surface area (Å²) in [6, 6.07) is 3.65. The first kappa shape index (κ1) is 14.5. The largest absolute Gasteiger partial charge is 0.493 e. The monoisotopic (exact) mass is 291 g/mol. The topological polar surface area (TPSA) is 107 Å². The highest BCUT2D eigenvalue weighted by molar-refractivity contribution is 5.92. The van der Waals surface area contributed by atoms with Crippen molar-refractivity contribution in [3.8, 4) is 5.75 Å². The van der Waals surface area contributed by atoms with Crippen molar-refractivity contribution >= 4 is 11.7 Å². The maximum Gasteiger partial charge on any atom is 0.342 e. The first-order valence-corrected chi connectivity index (χ1v) is 6.10. The van der Waals surface area contributed by atoms with Gasteiger partial charge in [-0.2, -0.15) is 0 Å². The fraction of sp³-hybridized carbons (Fsp3) is 0.231. The van der Waals surface area contributed by atoms with Gasteiger partial charge < -0.3 is 14.4 Å². The number of hydrogen-bond donors (Lipinski definition) is 1. The molecule has 1 aromatic heterocycles. The summed E-state index contributed by atoms with van der Waals surface area (Å²) in [5, 5.41) is 19.7. The average Bonchev–Trinajstić information content (AvgIpc) is 2.84. The van der Waals surface area contributed by atoms with Gasteiger partial charge in [-0.3, -0.25) is 10.1 Å². The summed E-state index contributed by atoms with van der Waals surface area (Å²) in [6.45, 7) is 0.293. The van der Waals surface area contributed by atoms with Gasteiger partial charge in [0.05, 0.1) is 11.5 Å². The second kappa shape index (κ2) is 6.04. The zero-order valence-electron chi connectivity index (χ0n) is 11.2. The number of nitrogens with zero attached hydrogens (tertiary/aromatic N) is 3. The number of imidazole rings is 1. The van der Waals surface area contributed by atoms with Crippen molar-refractivity contribution in [1.29, 1.82) is 0 Å². The Labute approximate surface area is 119 Å². The standard InChI is InChI=1S/C13H13N3O5/c1-15-6-5-14-12(15)4-7-21-9-2-3-11(16(19)20)10(8-9)13(17)18/h2-3,5-6,8H,4,7H2,1H3,(H,17,18). The number of nitro groups is 1. The van der Waals surface area contributed by atoms with E-state index in [4.69, 9.17) is 9.84 Å². The van der Waals surface area contributed by atoms with Gasteiger partial charge in [0.1, 0.15) is 17.1 Å². The van der Waals surface area contributed by atoms with Crippen LogP contribution in [0.5, 0.6) is 5.75 Å². The Kier molecular flexibility index (Phi) is 4.17. The van der Waals surface area contributed by atoms with E-state index in [0.29, 0.717) is 13.0 Å². The summed E-state index contributed by atoms with van der Waals surface area (Å²) in [4.78, 5) is 25.1. The van der Waals surface area contributed by atoms with Gasteiger partial charge >= 0.3 is 5.97 Å². The second-order valence-electron chi connectivity index (χ2n) is 4.29. The number of aromatic nitrogens is 2. The van der Waals surface area contributed by atoms with E-state index >= 15 is 0 Å². The van der Waals surface area contributed by atoms with Gasteiger partial charge in [0.15, 0.2) is 0 Å². The minimum atomic E-state index is -1.36. The molecular weight excluding hydrogens is 278 g/mol. The zero-order chi connectivity index (χ0) is 15.4. The number of carbonyl (C=O) groups is 1. The van der Waals surface area contributed by atoms with Crippen LogP contribution in [-0.4, -0.2) is 32.2 Å². The molecule has 0 amide bonds. The number of carboxylic acid groups (broad SMARTS) is 1. The molecule has 0 unspecified atom stereocenters. The summed E-state index contributed by atoms with van der Waals surface area (Å²) in [5.74, 6) is -0.265. The fourth-order valence-corrected chi connectivity index (χ4v) is 1.83. The molecular formula is C13H13N3O5. The molecule has 0 aliphatic rings. The van der Waals surface area contributed by atoms with Crippen molar-refractivity contribution in [2.75, 3.05) is 6.61 Å². The van der Waals surface area contributed by atoms with E-state index in [0.717, 1.165) is 18.0 Å². The van der Waals surface area contributed by atoms with Crippen LogP contribution in [0.4, 0.5) is 5.69 Å². The molecule has 0 bridgehead atoms. The molecule has 0 radical (unpaired) electrons. The van der Waals surface area contributed by atoms with Gasteiger partial charge in [-0.1, -0.05) is 0 Å². The molecule has 0 atom stereocenters. The van der Waals surface area contributed by atoms with Crippen molar-refractivity contribution in [3.05, 3.63) is 52.1 Å². The van der Waals surface area contributed by atoms with Crippen LogP contribution in [0.25, 0.3) is 0 Å². The van der Waals surface area contributed by atoms with Crippen molar-refractivity contribution in [1.82, 2.24) is 9.55 Å². The van der Waals surface area contributed by atoms with Crippen LogP contribution in [0.2, 0.25) is 0 Å². The fourth-order valence-electron chi connectivity index (χ4n) is 1.83. The summed E-state index contributed by atoms with van der Waals surface area (Å²) < 4.78 is 7.27. The van der Waals surface area contributed by atoms with Gasteiger partial charge in [-0.05, 0) is 6.07 Å². The van der Waals surface area contributed by atoms with Crippen LogP contribution in [0.3, 0.4) is 0 Å². The van der Waals surface area contributed by atoms with E-state index in [-0.39, 0.29) is 5.75 Å². The average molecular weight is 291 g/mol. The van der Waals surface area contributed by atoms with Crippen LogP contribution in [0.15, 0.2) is 30.6 Å². The van der Waals surface area contributed by atoms with Gasteiger partial charge in [-0.25, -0.2) is 9.78 Å². The minimum absolute atomic E-state index is 0.271. The van der Waals surface area contributed by atoms with Gasteiger partial charge in [0.25, 0.3) is 5.69 Å². The molecule has 8 nitrogen and oxygen atoms in total. The number of carboxylic acids is 1. The second-order valence-corrected chi connectivity index (χ2v) is 4.29. The smallest absolute Gasteiger partial charge is 0.342 e. The lowest BCUT2D eigenvalue weighted by Crippen LogP contribution is -2.07. The number of nitro benzene ring substituents is 1. The number of aryl methyl sites for hydroxylation is 1. The zero-order valence-corrected chi connectivity index (χ0v) is 11.2. The lowest BCUT2D eigenvalue weighted by molar-refractivity contribution is -0.385. The van der Waals surface area contributed by atoms with E-state index in [9.17, 15) is 14.9 Å². The highest BCUT2D eigenvalue weighted by atomic mass is 16.6. The Morgan fingerprint density at radius 2 is 2.29 bits per heavy atom. The Morgan fingerprint density at radius 3 is 2.86 bits per heavy atom. The third kappa shape index (κ3) is 3.35. The molecule has 1 N–H and O–H groups in total. The number of aromatic carboxylic acids is 1. The third-order valence-electron chi connectivity index (χ3n) is 2.91. The summed E-state index contributed by atoms with van der Waals surface area (Å²) in [7, 11) is 1.86. The molecule has 0 aliphatic heterocycles. The van der Waals surface area contributed by atoms with E-state index < -0.39 is 22.1 Å². The van der Waals surface area contributed by atoms with Crippen LogP contribution in [0, 0.1) is 10.1 Å². The highest BCUT2D eigenvalue weighted by Gasteiger charge is 2.20. The van der Waals surface area contributed by atoms with E-state index in [1.54, 1.807) is 6.20 Å². The molecule has 0 saturated heterocycles. The molecule has 110 valence electrons. The molecule has 8 heteroatoms. The summed E-state index contributed by atoms with van der Waals surface area (Å²) >= 11 is 0. The predicted molar refractivity (Wildman–Crippen MR) is 72.5 cm³/mol. The van der Waals surface area contributed by atoms with E-state index in [1.165, 1.54) is 6.07 Å². The number of rotatable bonds is 6. The van der Waals surface area contributed by atoms with Crippen LogP contribution < -0.4 is 4.74 Å². The number of hydrogen-bond acceptors (Lipinski definition) is 5. The maximum absolute atomic E-state index is 11.0. The molecule has 1 aromatic carbocycles. The number of benzene rings is 1. The molecule has 21 heavy (non-hydrogen) atoms. The first-order valence-electron chi connectivity index (χ1n) is 6.10. The Morgan fingerprint density at radius 1 is 1.52 bits per heavy atom. The van der Waals surface area contributed by atoms with E-state index in [1.807, 2.05) is 17.8 Å². The van der Waals surface area contributed by atoms with Crippen LogP contribution in [0.1, 0.15) is 16.2 Å². The highest BCUT2D eigenvalue weighted by Crippen LogP contribution is 2.24. The third-order valence-corrected chi connectivity index (χ3v) is 2.91. The van der Waals surface area contributed by atoms with Crippen molar-refractivity contribution in [3.63, 3.8) is 0 Å². The molecule has 0 fully saturated rings. The molecule has 2 rings (SSSR count). The van der Waals surface area contributed by atoms with Gasteiger partial charge in [0, 0.05) is 38.0 Å². The normalized spacial score (nSPS) is 10.3. The SMILES string of the molecule is Cn1ccnc1CCOc1ccc([N+](=O)[O-])c(C(=O)O)c1. The Hall–Kier alpha value is -2.90. The lowest BCUT2D eigenvalue weighted by atomic mass is 10.1. The lowest BCUT2D eigenvalue weighted by Gasteiger charge is -2.07. The quantitative estimate of drug-likeness (QED) is 0.640. The maximum atomic E-state index is 11.0.